The molecule has 0 fully saturated rings. The van der Waals surface area contributed by atoms with Crippen molar-refractivity contribution in [3.8, 4) is 0 Å². The largest absolute Gasteiger partial charge is 0.468 e. The third-order valence-electron chi connectivity index (χ3n) is 1.76. The topological polar surface area (TPSA) is 73.9 Å². The van der Waals surface area contributed by atoms with Crippen LogP contribution in [0.2, 0.25) is 0 Å². The average molecular weight is 233 g/mol. The van der Waals surface area contributed by atoms with Crippen molar-refractivity contribution in [3.63, 3.8) is 0 Å². The number of unbranched alkanes of at least 4 members (excludes halogenated alkanes) is 1. The third kappa shape index (κ3) is 12.9. The van der Waals surface area contributed by atoms with E-state index in [9.17, 15) is 9.59 Å². The maximum Gasteiger partial charge on any atom is 0.293 e. The fourth-order valence-corrected chi connectivity index (χ4v) is 0.988. The van der Waals surface area contributed by atoms with Crippen molar-refractivity contribution in [2.75, 3.05) is 39.5 Å². The van der Waals surface area contributed by atoms with Crippen molar-refractivity contribution in [3.05, 3.63) is 0 Å². The zero-order chi connectivity index (χ0) is 11.9. The van der Waals surface area contributed by atoms with Gasteiger partial charge in [0, 0.05) is 19.7 Å². The van der Waals surface area contributed by atoms with E-state index < -0.39 is 0 Å². The van der Waals surface area contributed by atoms with Gasteiger partial charge in [-0.25, -0.2) is 0 Å². The number of carbonyl (C=O) groups excluding carboxylic acids is 2. The molecule has 0 aromatic heterocycles. The number of ether oxygens (including phenoxy) is 3. The van der Waals surface area contributed by atoms with Crippen LogP contribution < -0.4 is 5.32 Å². The highest BCUT2D eigenvalue weighted by atomic mass is 16.5. The summed E-state index contributed by atoms with van der Waals surface area (Å²) in [5.41, 5.74) is 0. The van der Waals surface area contributed by atoms with Gasteiger partial charge in [0.25, 0.3) is 12.9 Å². The highest BCUT2D eigenvalue weighted by molar-refractivity contribution is 5.37. The predicted molar refractivity (Wildman–Crippen MR) is 57.0 cm³/mol. The fraction of sp³-hybridized carbons (Fsp3) is 0.800. The van der Waals surface area contributed by atoms with Crippen LogP contribution in [0.1, 0.15) is 12.8 Å². The zero-order valence-corrected chi connectivity index (χ0v) is 9.35. The molecule has 0 spiro atoms. The molecule has 0 radical (unpaired) electrons. The molecule has 16 heavy (non-hydrogen) atoms. The standard InChI is InChI=1S/C10H19NO5/c12-9-15-6-2-1-5-14-7-3-11-4-8-16-10-13/h9-11H,1-8H2. The molecular formula is C10H19NO5. The van der Waals surface area contributed by atoms with E-state index in [2.05, 4.69) is 14.8 Å². The molecule has 6 heteroatoms. The van der Waals surface area contributed by atoms with Gasteiger partial charge in [0.2, 0.25) is 0 Å². The first-order valence-electron chi connectivity index (χ1n) is 5.30. The molecule has 0 aliphatic heterocycles. The minimum absolute atomic E-state index is 0.381. The van der Waals surface area contributed by atoms with E-state index in [4.69, 9.17) is 4.74 Å². The van der Waals surface area contributed by atoms with Gasteiger partial charge in [-0.1, -0.05) is 0 Å². The first-order valence-corrected chi connectivity index (χ1v) is 5.30. The van der Waals surface area contributed by atoms with Crippen LogP contribution in [0, 0.1) is 0 Å². The Bertz CT molecular complexity index is 147. The zero-order valence-electron chi connectivity index (χ0n) is 9.35. The van der Waals surface area contributed by atoms with Crippen LogP contribution in [0.3, 0.4) is 0 Å². The van der Waals surface area contributed by atoms with Gasteiger partial charge in [0.05, 0.1) is 13.2 Å². The van der Waals surface area contributed by atoms with Gasteiger partial charge in [-0.3, -0.25) is 9.59 Å². The summed E-state index contributed by atoms with van der Waals surface area (Å²) in [7, 11) is 0. The molecule has 0 bridgehead atoms. The van der Waals surface area contributed by atoms with E-state index in [1.54, 1.807) is 0 Å². The van der Waals surface area contributed by atoms with Crippen molar-refractivity contribution < 1.29 is 23.8 Å². The smallest absolute Gasteiger partial charge is 0.293 e. The van der Waals surface area contributed by atoms with Crippen LogP contribution in [-0.4, -0.2) is 52.5 Å². The second-order valence-corrected chi connectivity index (χ2v) is 3.00. The molecule has 0 aromatic carbocycles. The molecule has 0 aliphatic carbocycles. The molecule has 0 atom stereocenters. The maximum atomic E-state index is 9.79. The summed E-state index contributed by atoms with van der Waals surface area (Å²) in [5.74, 6) is 0. The van der Waals surface area contributed by atoms with Crippen molar-refractivity contribution in [1.29, 1.82) is 0 Å². The van der Waals surface area contributed by atoms with Crippen LogP contribution in [0.4, 0.5) is 0 Å². The molecule has 1 N–H and O–H groups in total. The van der Waals surface area contributed by atoms with Crippen LogP contribution in [0.5, 0.6) is 0 Å². The van der Waals surface area contributed by atoms with E-state index in [0.29, 0.717) is 45.9 Å². The molecule has 0 unspecified atom stereocenters. The van der Waals surface area contributed by atoms with E-state index in [1.807, 2.05) is 0 Å². The lowest BCUT2D eigenvalue weighted by atomic mass is 10.3. The van der Waals surface area contributed by atoms with E-state index in [-0.39, 0.29) is 0 Å². The third-order valence-corrected chi connectivity index (χ3v) is 1.76. The van der Waals surface area contributed by atoms with Crippen molar-refractivity contribution in [2.45, 2.75) is 12.8 Å². The Morgan fingerprint density at radius 1 is 0.812 bits per heavy atom. The molecule has 6 nitrogen and oxygen atoms in total. The average Bonchev–Trinajstić information content (AvgIpc) is 2.31. The van der Waals surface area contributed by atoms with Crippen LogP contribution >= 0.6 is 0 Å². The summed E-state index contributed by atoms with van der Waals surface area (Å²) in [5, 5.41) is 3.05. The molecule has 0 aliphatic rings. The number of hydrogen-bond acceptors (Lipinski definition) is 6. The Hall–Kier alpha value is -1.14. The van der Waals surface area contributed by atoms with Crippen molar-refractivity contribution >= 4 is 12.9 Å². The van der Waals surface area contributed by atoms with E-state index in [0.717, 1.165) is 19.4 Å². The van der Waals surface area contributed by atoms with Gasteiger partial charge in [-0.05, 0) is 12.8 Å². The number of rotatable bonds is 13. The Morgan fingerprint density at radius 3 is 2.19 bits per heavy atom. The first kappa shape index (κ1) is 14.9. The van der Waals surface area contributed by atoms with Gasteiger partial charge in [-0.2, -0.15) is 0 Å². The lowest BCUT2D eigenvalue weighted by molar-refractivity contribution is -0.129. The van der Waals surface area contributed by atoms with Gasteiger partial charge < -0.3 is 19.5 Å². The lowest BCUT2D eigenvalue weighted by Crippen LogP contribution is -2.24. The summed E-state index contributed by atoms with van der Waals surface area (Å²) >= 11 is 0. The minimum Gasteiger partial charge on any atom is -0.468 e. The summed E-state index contributed by atoms with van der Waals surface area (Å²) < 4.78 is 14.3. The van der Waals surface area contributed by atoms with Crippen LogP contribution in [0.15, 0.2) is 0 Å². The molecule has 0 rings (SSSR count). The second-order valence-electron chi connectivity index (χ2n) is 3.00. The summed E-state index contributed by atoms with van der Waals surface area (Å²) in [6.45, 7) is 4.36. The second kappa shape index (κ2) is 13.9. The lowest BCUT2D eigenvalue weighted by Gasteiger charge is -2.05. The molecule has 94 valence electrons. The maximum absolute atomic E-state index is 9.79. The summed E-state index contributed by atoms with van der Waals surface area (Å²) in [6.07, 6.45) is 1.70. The van der Waals surface area contributed by atoms with Crippen molar-refractivity contribution in [1.82, 2.24) is 5.32 Å². The van der Waals surface area contributed by atoms with Gasteiger partial charge in [-0.15, -0.1) is 0 Å². The first-order chi connectivity index (χ1) is 7.91. The number of carbonyl (C=O) groups is 2. The molecular weight excluding hydrogens is 214 g/mol. The molecule has 0 saturated heterocycles. The Morgan fingerprint density at radius 2 is 1.44 bits per heavy atom. The molecule has 0 aromatic rings. The van der Waals surface area contributed by atoms with E-state index >= 15 is 0 Å². The normalized spacial score (nSPS) is 9.75. The molecule has 0 heterocycles. The minimum atomic E-state index is 0.381. The van der Waals surface area contributed by atoms with Gasteiger partial charge in [0.1, 0.15) is 6.61 Å². The Balaban J connectivity index is 2.87. The molecule has 0 amide bonds. The van der Waals surface area contributed by atoms with Crippen LogP contribution in [-0.2, 0) is 23.8 Å². The molecule has 0 saturated carbocycles. The quantitative estimate of drug-likeness (QED) is 0.348. The predicted octanol–water partition coefficient (Wildman–Crippen LogP) is -0.281. The Labute approximate surface area is 95.2 Å². The van der Waals surface area contributed by atoms with Gasteiger partial charge >= 0.3 is 0 Å². The van der Waals surface area contributed by atoms with E-state index in [1.165, 1.54) is 0 Å². The Kier molecular flexibility index (Phi) is 12.9. The number of hydrogen-bond donors (Lipinski definition) is 1. The summed E-state index contributed by atoms with van der Waals surface area (Å²) in [4.78, 5) is 19.6. The highest BCUT2D eigenvalue weighted by Crippen LogP contribution is 1.89. The highest BCUT2D eigenvalue weighted by Gasteiger charge is 1.91. The number of nitrogens with one attached hydrogen (secondary N) is 1. The summed E-state index contributed by atoms with van der Waals surface area (Å²) in [6, 6.07) is 0. The van der Waals surface area contributed by atoms with Gasteiger partial charge in [0.15, 0.2) is 0 Å². The SMILES string of the molecule is O=COCCCCOCCNCCOC=O. The fourth-order valence-electron chi connectivity index (χ4n) is 0.988. The monoisotopic (exact) mass is 233 g/mol. The van der Waals surface area contributed by atoms with Crippen LogP contribution in [0.25, 0.3) is 0 Å². The van der Waals surface area contributed by atoms with Crippen molar-refractivity contribution in [2.24, 2.45) is 0 Å².